The monoisotopic (exact) mass is 278 g/mol. The van der Waals surface area contributed by atoms with Crippen molar-refractivity contribution in [2.75, 3.05) is 19.7 Å². The van der Waals surface area contributed by atoms with Gasteiger partial charge in [0.15, 0.2) is 0 Å². The Balaban J connectivity index is 2.93. The number of nitrogens with zero attached hydrogens (tertiary/aromatic N) is 1. The van der Waals surface area contributed by atoms with E-state index in [1.165, 1.54) is 12.1 Å². The first-order valence-corrected chi connectivity index (χ1v) is 6.45. The van der Waals surface area contributed by atoms with Crippen LogP contribution in [0, 0.1) is 17.7 Å². The van der Waals surface area contributed by atoms with Crippen LogP contribution in [0.1, 0.15) is 24.5 Å². The fraction of sp³-hybridized carbons (Fsp3) is 0.400. The minimum Gasteiger partial charge on any atom is -0.395 e. The van der Waals surface area contributed by atoms with E-state index in [0.29, 0.717) is 25.1 Å². The minimum atomic E-state index is -0.401. The predicted octanol–water partition coefficient (Wildman–Crippen LogP) is 0.867. The molecule has 0 fully saturated rings. The number of amides is 1. The molecule has 3 N–H and O–H groups in total. The van der Waals surface area contributed by atoms with Crippen LogP contribution in [0.2, 0.25) is 0 Å². The Hall–Kier alpha value is -1.90. The van der Waals surface area contributed by atoms with Gasteiger partial charge in [-0.2, -0.15) is 0 Å². The van der Waals surface area contributed by atoms with Gasteiger partial charge in [-0.15, -0.1) is 0 Å². The van der Waals surface area contributed by atoms with Gasteiger partial charge in [-0.3, -0.25) is 9.69 Å². The highest BCUT2D eigenvalue weighted by molar-refractivity contribution is 5.75. The van der Waals surface area contributed by atoms with E-state index in [4.69, 9.17) is 10.8 Å². The van der Waals surface area contributed by atoms with E-state index < -0.39 is 5.91 Å². The number of aliphatic hydroxyl groups excluding tert-OH is 1. The average molecular weight is 278 g/mol. The number of rotatable bonds is 6. The summed E-state index contributed by atoms with van der Waals surface area (Å²) in [6.45, 7) is 3.17. The molecular weight excluding hydrogens is 259 g/mol. The van der Waals surface area contributed by atoms with Crippen molar-refractivity contribution in [1.82, 2.24) is 4.90 Å². The molecule has 0 aliphatic heterocycles. The summed E-state index contributed by atoms with van der Waals surface area (Å²) in [7, 11) is 0. The summed E-state index contributed by atoms with van der Waals surface area (Å²) in [6.07, 6.45) is 0.342. The maximum absolute atomic E-state index is 13.3. The normalized spacial score (nSPS) is 10.2. The van der Waals surface area contributed by atoms with Crippen LogP contribution < -0.4 is 5.73 Å². The van der Waals surface area contributed by atoms with Gasteiger partial charge in [-0.05, 0) is 24.2 Å². The van der Waals surface area contributed by atoms with E-state index in [1.54, 1.807) is 6.07 Å². The lowest BCUT2D eigenvalue weighted by molar-refractivity contribution is -0.119. The number of likely N-dealkylation sites (N-methyl/N-ethyl adjacent to an activating group) is 1. The van der Waals surface area contributed by atoms with Crippen LogP contribution in [-0.2, 0) is 11.3 Å². The lowest BCUT2D eigenvalue weighted by atomic mass is 10.1. The second kappa shape index (κ2) is 8.31. The van der Waals surface area contributed by atoms with E-state index in [1.807, 2.05) is 11.8 Å². The van der Waals surface area contributed by atoms with Gasteiger partial charge < -0.3 is 10.8 Å². The Labute approximate surface area is 118 Å². The van der Waals surface area contributed by atoms with Gasteiger partial charge in [0.2, 0.25) is 5.91 Å². The summed E-state index contributed by atoms with van der Waals surface area (Å²) in [6, 6.07) is 4.38. The fourth-order valence-corrected chi connectivity index (χ4v) is 1.76. The highest BCUT2D eigenvalue weighted by atomic mass is 19.1. The third-order valence-electron chi connectivity index (χ3n) is 2.75. The largest absolute Gasteiger partial charge is 0.395 e. The number of primary amides is 1. The molecule has 1 amide bonds. The summed E-state index contributed by atoms with van der Waals surface area (Å²) >= 11 is 0. The number of hydrogen-bond donors (Lipinski definition) is 2. The summed E-state index contributed by atoms with van der Waals surface area (Å²) in [5, 5.41) is 8.71. The van der Waals surface area contributed by atoms with Crippen molar-refractivity contribution in [3.8, 4) is 11.8 Å². The van der Waals surface area contributed by atoms with Crippen LogP contribution in [0.3, 0.4) is 0 Å². The highest BCUT2D eigenvalue weighted by Gasteiger charge is 2.10. The van der Waals surface area contributed by atoms with E-state index in [2.05, 4.69) is 11.8 Å². The Bertz CT molecular complexity index is 520. The summed E-state index contributed by atoms with van der Waals surface area (Å²) in [5.41, 5.74) is 6.59. The lowest BCUT2D eigenvalue weighted by Crippen LogP contribution is -2.33. The Morgan fingerprint density at radius 2 is 2.25 bits per heavy atom. The first-order chi connectivity index (χ1) is 9.56. The minimum absolute atomic E-state index is 0.0274. The molecule has 20 heavy (non-hydrogen) atoms. The molecule has 0 atom stereocenters. The third kappa shape index (κ3) is 5.39. The van der Waals surface area contributed by atoms with E-state index >= 15 is 0 Å². The second-order valence-corrected chi connectivity index (χ2v) is 4.35. The van der Waals surface area contributed by atoms with E-state index in [-0.39, 0.29) is 19.0 Å². The SMILES string of the molecule is CCN(CC(N)=O)Cc1ccc(F)cc1C#CCCO. The van der Waals surface area contributed by atoms with Gasteiger partial charge in [0, 0.05) is 18.5 Å². The van der Waals surface area contributed by atoms with Crippen LogP contribution in [-0.4, -0.2) is 35.6 Å². The highest BCUT2D eigenvalue weighted by Crippen LogP contribution is 2.13. The van der Waals surface area contributed by atoms with Crippen molar-refractivity contribution >= 4 is 5.91 Å². The van der Waals surface area contributed by atoms with Crippen LogP contribution in [0.15, 0.2) is 18.2 Å². The molecule has 0 unspecified atom stereocenters. The molecule has 1 rings (SSSR count). The van der Waals surface area contributed by atoms with E-state index in [0.717, 1.165) is 5.56 Å². The number of nitrogens with two attached hydrogens (primary N) is 1. The van der Waals surface area contributed by atoms with Crippen LogP contribution in [0.5, 0.6) is 0 Å². The van der Waals surface area contributed by atoms with Crippen molar-refractivity contribution in [1.29, 1.82) is 0 Å². The molecule has 1 aromatic rings. The second-order valence-electron chi connectivity index (χ2n) is 4.35. The van der Waals surface area contributed by atoms with Gasteiger partial charge in [0.1, 0.15) is 5.82 Å². The molecular formula is C15H19FN2O2. The number of carbonyl (C=O) groups excluding carboxylic acids is 1. The maximum Gasteiger partial charge on any atom is 0.231 e. The summed E-state index contributed by atoms with van der Waals surface area (Å²) < 4.78 is 13.3. The molecule has 0 aliphatic rings. The molecule has 0 heterocycles. The third-order valence-corrected chi connectivity index (χ3v) is 2.75. The average Bonchev–Trinajstić information content (AvgIpc) is 2.40. The fourth-order valence-electron chi connectivity index (χ4n) is 1.76. The van der Waals surface area contributed by atoms with Crippen LogP contribution in [0.4, 0.5) is 4.39 Å². The summed E-state index contributed by atoms with van der Waals surface area (Å²) in [5.74, 6) is 4.86. The Kier molecular flexibility index (Phi) is 6.71. The molecule has 0 spiro atoms. The lowest BCUT2D eigenvalue weighted by Gasteiger charge is -2.19. The zero-order chi connectivity index (χ0) is 15.0. The zero-order valence-corrected chi connectivity index (χ0v) is 11.5. The van der Waals surface area contributed by atoms with Crippen molar-refractivity contribution < 1.29 is 14.3 Å². The first-order valence-electron chi connectivity index (χ1n) is 6.45. The molecule has 0 bridgehead atoms. The van der Waals surface area contributed by atoms with E-state index in [9.17, 15) is 9.18 Å². The molecule has 4 nitrogen and oxygen atoms in total. The van der Waals surface area contributed by atoms with Crippen LogP contribution in [0.25, 0.3) is 0 Å². The molecule has 5 heteroatoms. The molecule has 0 radical (unpaired) electrons. The first kappa shape index (κ1) is 16.2. The van der Waals surface area contributed by atoms with Crippen molar-refractivity contribution in [3.63, 3.8) is 0 Å². The van der Waals surface area contributed by atoms with Crippen molar-refractivity contribution in [2.24, 2.45) is 5.73 Å². The smallest absolute Gasteiger partial charge is 0.231 e. The van der Waals surface area contributed by atoms with Gasteiger partial charge in [-0.1, -0.05) is 24.8 Å². The van der Waals surface area contributed by atoms with Crippen molar-refractivity contribution in [3.05, 3.63) is 35.1 Å². The van der Waals surface area contributed by atoms with Crippen molar-refractivity contribution in [2.45, 2.75) is 19.9 Å². The topological polar surface area (TPSA) is 66.6 Å². The molecule has 0 aromatic heterocycles. The standard InChI is InChI=1S/C15H19FN2O2/c1-2-18(11-15(17)20)10-13-6-7-14(16)9-12(13)5-3-4-8-19/h6-7,9,19H,2,4,8,10-11H2,1H3,(H2,17,20). The number of benzene rings is 1. The zero-order valence-electron chi connectivity index (χ0n) is 11.5. The van der Waals surface area contributed by atoms with Gasteiger partial charge >= 0.3 is 0 Å². The number of carbonyl (C=O) groups is 1. The number of hydrogen-bond acceptors (Lipinski definition) is 3. The molecule has 1 aromatic carbocycles. The Morgan fingerprint density at radius 1 is 1.50 bits per heavy atom. The molecule has 0 saturated carbocycles. The van der Waals surface area contributed by atoms with Gasteiger partial charge in [-0.25, -0.2) is 4.39 Å². The van der Waals surface area contributed by atoms with Gasteiger partial charge in [0.25, 0.3) is 0 Å². The molecule has 0 aliphatic carbocycles. The predicted molar refractivity (Wildman–Crippen MR) is 75.1 cm³/mol. The molecule has 0 saturated heterocycles. The Morgan fingerprint density at radius 3 is 2.85 bits per heavy atom. The number of halogens is 1. The van der Waals surface area contributed by atoms with Gasteiger partial charge in [0.05, 0.1) is 13.2 Å². The molecule has 108 valence electrons. The quantitative estimate of drug-likeness (QED) is 0.759. The number of aliphatic hydroxyl groups is 1. The van der Waals surface area contributed by atoms with Crippen LogP contribution >= 0.6 is 0 Å². The maximum atomic E-state index is 13.3. The summed E-state index contributed by atoms with van der Waals surface area (Å²) in [4.78, 5) is 12.8.